The van der Waals surface area contributed by atoms with E-state index in [0.29, 0.717) is 6.54 Å². The van der Waals surface area contributed by atoms with E-state index < -0.39 is 5.54 Å². The molecule has 0 bridgehead atoms. The molecule has 4 heteroatoms. The number of nitrogens with one attached hydrogen (secondary N) is 1. The number of rotatable bonds is 2. The second-order valence-corrected chi connectivity index (χ2v) is 3.93. The van der Waals surface area contributed by atoms with E-state index in [1.807, 2.05) is 19.1 Å². The highest BCUT2D eigenvalue weighted by molar-refractivity contribution is 5.97. The number of piperazine rings is 1. The molecule has 1 N–H and O–H groups in total. The quantitative estimate of drug-likeness (QED) is 0.646. The van der Waals surface area contributed by atoms with Crippen molar-refractivity contribution in [3.63, 3.8) is 0 Å². The van der Waals surface area contributed by atoms with Crippen LogP contribution in [0.1, 0.15) is 20.8 Å². The Balaban J connectivity index is 2.75. The van der Waals surface area contributed by atoms with Crippen molar-refractivity contribution in [1.82, 2.24) is 10.2 Å². The smallest absolute Gasteiger partial charge is 0.248 e. The van der Waals surface area contributed by atoms with Crippen LogP contribution in [0.5, 0.6) is 0 Å². The van der Waals surface area contributed by atoms with Crippen LogP contribution in [0.25, 0.3) is 0 Å². The zero-order valence-corrected chi connectivity index (χ0v) is 8.83. The van der Waals surface area contributed by atoms with Gasteiger partial charge in [-0.25, -0.2) is 0 Å². The van der Waals surface area contributed by atoms with Gasteiger partial charge in [0.05, 0.1) is 6.54 Å². The second-order valence-electron chi connectivity index (χ2n) is 3.93. The molecule has 14 heavy (non-hydrogen) atoms. The summed E-state index contributed by atoms with van der Waals surface area (Å²) in [6.45, 7) is 5.99. The molecule has 0 aromatic rings. The van der Waals surface area contributed by atoms with Gasteiger partial charge in [-0.15, -0.1) is 0 Å². The van der Waals surface area contributed by atoms with Crippen molar-refractivity contribution >= 4 is 11.8 Å². The van der Waals surface area contributed by atoms with Gasteiger partial charge in [-0.1, -0.05) is 12.2 Å². The molecule has 0 aliphatic carbocycles. The van der Waals surface area contributed by atoms with Crippen LogP contribution in [0, 0.1) is 0 Å². The average Bonchev–Trinajstić information content (AvgIpc) is 2.08. The summed E-state index contributed by atoms with van der Waals surface area (Å²) in [7, 11) is 0. The first-order valence-corrected chi connectivity index (χ1v) is 4.69. The third kappa shape index (κ3) is 2.13. The summed E-state index contributed by atoms with van der Waals surface area (Å²) < 4.78 is 0. The molecule has 1 saturated heterocycles. The normalized spacial score (nSPS) is 21.5. The van der Waals surface area contributed by atoms with Crippen molar-refractivity contribution in [2.24, 2.45) is 0 Å². The Hall–Kier alpha value is -1.32. The highest BCUT2D eigenvalue weighted by Gasteiger charge is 2.38. The maximum Gasteiger partial charge on any atom is 0.248 e. The molecule has 0 spiro atoms. The van der Waals surface area contributed by atoms with Gasteiger partial charge in [0.25, 0.3) is 0 Å². The lowest BCUT2D eigenvalue weighted by Crippen LogP contribution is -2.63. The molecule has 0 unspecified atom stereocenters. The fourth-order valence-electron chi connectivity index (χ4n) is 1.46. The second kappa shape index (κ2) is 3.82. The molecular formula is C10H16N2O2. The van der Waals surface area contributed by atoms with Crippen molar-refractivity contribution in [2.45, 2.75) is 26.3 Å². The Bertz CT molecular complexity index is 282. The Morgan fingerprint density at radius 2 is 2.14 bits per heavy atom. The number of hydrogen-bond donors (Lipinski definition) is 1. The van der Waals surface area contributed by atoms with Gasteiger partial charge < -0.3 is 10.2 Å². The van der Waals surface area contributed by atoms with Crippen LogP contribution >= 0.6 is 0 Å². The number of nitrogens with zero attached hydrogens (tertiary/aromatic N) is 1. The predicted octanol–water partition coefficient (Wildman–Crippen LogP) is 0.299. The van der Waals surface area contributed by atoms with E-state index in [0.717, 1.165) is 0 Å². The number of allylic oxidation sites excluding steroid dienone is 1. The summed E-state index contributed by atoms with van der Waals surface area (Å²) in [5, 5.41) is 2.66. The maximum absolute atomic E-state index is 11.8. The summed E-state index contributed by atoms with van der Waals surface area (Å²) >= 11 is 0. The summed E-state index contributed by atoms with van der Waals surface area (Å²) in [6.07, 6.45) is 3.74. The zero-order valence-electron chi connectivity index (χ0n) is 8.83. The molecule has 1 aliphatic heterocycles. The van der Waals surface area contributed by atoms with E-state index in [9.17, 15) is 9.59 Å². The Morgan fingerprint density at radius 1 is 1.50 bits per heavy atom. The van der Waals surface area contributed by atoms with Gasteiger partial charge in [0.15, 0.2) is 0 Å². The number of hydrogen-bond acceptors (Lipinski definition) is 2. The molecule has 4 nitrogen and oxygen atoms in total. The van der Waals surface area contributed by atoms with E-state index in [2.05, 4.69) is 5.32 Å². The molecule has 0 radical (unpaired) electrons. The molecular weight excluding hydrogens is 180 g/mol. The van der Waals surface area contributed by atoms with E-state index in [1.54, 1.807) is 18.7 Å². The van der Waals surface area contributed by atoms with Crippen LogP contribution in [-0.2, 0) is 9.59 Å². The fourth-order valence-corrected chi connectivity index (χ4v) is 1.46. The Kier molecular flexibility index (Phi) is 2.93. The maximum atomic E-state index is 11.8. The molecule has 1 rings (SSSR count). The summed E-state index contributed by atoms with van der Waals surface area (Å²) in [4.78, 5) is 24.6. The number of carbonyl (C=O) groups is 2. The first-order valence-electron chi connectivity index (χ1n) is 4.69. The molecule has 1 heterocycles. The zero-order chi connectivity index (χ0) is 10.8. The van der Waals surface area contributed by atoms with Gasteiger partial charge in [-0.05, 0) is 20.8 Å². The van der Waals surface area contributed by atoms with Gasteiger partial charge >= 0.3 is 0 Å². The van der Waals surface area contributed by atoms with Gasteiger partial charge in [-0.3, -0.25) is 9.59 Å². The van der Waals surface area contributed by atoms with Gasteiger partial charge in [0, 0.05) is 6.54 Å². The average molecular weight is 196 g/mol. The molecule has 1 fully saturated rings. The standard InChI is InChI=1S/C10H16N2O2/c1-4-5-6-12-7-8(13)11-10(2,3)9(12)14/h4-5H,6-7H2,1-3H3,(H,11,13)/b5-4+. The highest BCUT2D eigenvalue weighted by atomic mass is 16.2. The molecule has 2 amide bonds. The lowest BCUT2D eigenvalue weighted by Gasteiger charge is -2.36. The van der Waals surface area contributed by atoms with Crippen molar-refractivity contribution in [1.29, 1.82) is 0 Å². The van der Waals surface area contributed by atoms with Crippen LogP contribution in [0.4, 0.5) is 0 Å². The van der Waals surface area contributed by atoms with Gasteiger partial charge in [0.1, 0.15) is 5.54 Å². The van der Waals surface area contributed by atoms with Crippen LogP contribution in [0.15, 0.2) is 12.2 Å². The van der Waals surface area contributed by atoms with Crippen LogP contribution in [0.3, 0.4) is 0 Å². The monoisotopic (exact) mass is 196 g/mol. The number of carbonyl (C=O) groups excluding carboxylic acids is 2. The first kappa shape index (κ1) is 10.8. The minimum atomic E-state index is -0.767. The van der Waals surface area contributed by atoms with Crippen molar-refractivity contribution < 1.29 is 9.59 Å². The summed E-state index contributed by atoms with van der Waals surface area (Å²) in [6, 6.07) is 0. The predicted molar refractivity (Wildman–Crippen MR) is 53.6 cm³/mol. The van der Waals surface area contributed by atoms with Crippen molar-refractivity contribution in [3.8, 4) is 0 Å². The first-order chi connectivity index (χ1) is 6.47. The van der Waals surface area contributed by atoms with E-state index in [-0.39, 0.29) is 18.4 Å². The Labute approximate surface area is 84.0 Å². The summed E-state index contributed by atoms with van der Waals surface area (Å²) in [5.74, 6) is -0.130. The van der Waals surface area contributed by atoms with Crippen molar-refractivity contribution in [2.75, 3.05) is 13.1 Å². The molecule has 0 aromatic heterocycles. The van der Waals surface area contributed by atoms with Crippen LogP contribution < -0.4 is 5.32 Å². The van der Waals surface area contributed by atoms with Gasteiger partial charge in [0.2, 0.25) is 11.8 Å². The van der Waals surface area contributed by atoms with E-state index >= 15 is 0 Å². The molecule has 0 atom stereocenters. The topological polar surface area (TPSA) is 49.4 Å². The third-order valence-electron chi connectivity index (χ3n) is 2.17. The fraction of sp³-hybridized carbons (Fsp3) is 0.600. The van der Waals surface area contributed by atoms with E-state index in [4.69, 9.17) is 0 Å². The lowest BCUT2D eigenvalue weighted by atomic mass is 10.0. The molecule has 1 aliphatic rings. The lowest BCUT2D eigenvalue weighted by molar-refractivity contribution is -0.147. The van der Waals surface area contributed by atoms with E-state index in [1.165, 1.54) is 0 Å². The molecule has 0 saturated carbocycles. The highest BCUT2D eigenvalue weighted by Crippen LogP contribution is 2.12. The molecule has 0 aromatic carbocycles. The minimum Gasteiger partial charge on any atom is -0.341 e. The third-order valence-corrected chi connectivity index (χ3v) is 2.17. The SMILES string of the molecule is C/C=C/CN1CC(=O)NC(C)(C)C1=O. The van der Waals surface area contributed by atoms with Crippen LogP contribution in [-0.4, -0.2) is 35.3 Å². The molecule has 78 valence electrons. The largest absolute Gasteiger partial charge is 0.341 e. The van der Waals surface area contributed by atoms with Crippen molar-refractivity contribution in [3.05, 3.63) is 12.2 Å². The summed E-state index contributed by atoms with van der Waals surface area (Å²) in [5.41, 5.74) is -0.767. The Morgan fingerprint density at radius 3 is 2.71 bits per heavy atom. The van der Waals surface area contributed by atoms with Gasteiger partial charge in [-0.2, -0.15) is 0 Å². The van der Waals surface area contributed by atoms with Crippen LogP contribution in [0.2, 0.25) is 0 Å². The minimum absolute atomic E-state index is 0.0322. The number of amides is 2.